The van der Waals surface area contributed by atoms with Gasteiger partial charge in [-0.25, -0.2) is 4.79 Å². The van der Waals surface area contributed by atoms with Crippen LogP contribution >= 0.6 is 0 Å². The third kappa shape index (κ3) is 7.97. The minimum atomic E-state index is -0.583. The van der Waals surface area contributed by atoms with Crippen LogP contribution in [0.15, 0.2) is 71.1 Å². The van der Waals surface area contributed by atoms with Crippen LogP contribution in [-0.4, -0.2) is 68.3 Å². The molecule has 1 heterocycles. The fourth-order valence-corrected chi connectivity index (χ4v) is 4.68. The lowest BCUT2D eigenvalue weighted by molar-refractivity contribution is -0.122. The van der Waals surface area contributed by atoms with E-state index in [1.807, 2.05) is 67.6 Å². The van der Waals surface area contributed by atoms with Gasteiger partial charge < -0.3 is 34.2 Å². The zero-order valence-corrected chi connectivity index (χ0v) is 23.9. The molecule has 0 aliphatic rings. The topological polar surface area (TPSA) is 127 Å². The highest BCUT2D eigenvalue weighted by Crippen LogP contribution is 2.39. The van der Waals surface area contributed by atoms with Crippen LogP contribution < -0.4 is 10.1 Å². The smallest absolute Gasteiger partial charge is 0.342 e. The van der Waals surface area contributed by atoms with Crippen molar-refractivity contribution in [3.63, 3.8) is 0 Å². The molecule has 4 aromatic rings. The van der Waals surface area contributed by atoms with Gasteiger partial charge in [-0.15, -0.1) is 0 Å². The number of amides is 1. The Balaban J connectivity index is 1.58. The molecule has 1 aromatic heterocycles. The average Bonchev–Trinajstić information content (AvgIpc) is 3.39. The van der Waals surface area contributed by atoms with E-state index >= 15 is 0 Å². The van der Waals surface area contributed by atoms with Crippen molar-refractivity contribution in [2.24, 2.45) is 0 Å². The molecule has 0 aliphatic heterocycles. The number of ether oxygens (including phenoxy) is 3. The van der Waals surface area contributed by atoms with Crippen molar-refractivity contribution in [1.29, 1.82) is 0 Å². The van der Waals surface area contributed by atoms with Gasteiger partial charge in [0.1, 0.15) is 17.9 Å². The Labute approximate surface area is 245 Å². The lowest BCUT2D eigenvalue weighted by atomic mass is 10.0. The van der Waals surface area contributed by atoms with Crippen LogP contribution in [0.25, 0.3) is 22.3 Å². The zero-order chi connectivity index (χ0) is 29.9. The van der Waals surface area contributed by atoms with Gasteiger partial charge >= 0.3 is 5.97 Å². The maximum atomic E-state index is 13.4. The molecule has 1 amide bonds. The number of hydrogen-bond donors (Lipinski definition) is 3. The number of carbonyl (C=O) groups excluding carboxylic acids is 2. The number of aliphatic hydroxyl groups excluding tert-OH is 2. The molecule has 0 aliphatic carbocycles. The second kappa shape index (κ2) is 15.2. The van der Waals surface area contributed by atoms with Crippen LogP contribution in [-0.2, 0) is 27.1 Å². The highest BCUT2D eigenvalue weighted by Gasteiger charge is 2.26. The zero-order valence-electron chi connectivity index (χ0n) is 23.9. The molecule has 0 unspecified atom stereocenters. The van der Waals surface area contributed by atoms with Gasteiger partial charge in [-0.2, -0.15) is 0 Å². The summed E-state index contributed by atoms with van der Waals surface area (Å²) in [7, 11) is 1.52. The van der Waals surface area contributed by atoms with Gasteiger partial charge in [-0.1, -0.05) is 60.2 Å². The first-order chi connectivity index (χ1) is 20.4. The van der Waals surface area contributed by atoms with Gasteiger partial charge in [0.15, 0.2) is 11.3 Å². The fraction of sp³-hybridized carbons (Fsp3) is 0.333. The molecule has 0 radical (unpaired) electrons. The van der Waals surface area contributed by atoms with Crippen molar-refractivity contribution in [2.75, 3.05) is 40.1 Å². The fourth-order valence-electron chi connectivity index (χ4n) is 4.68. The molecule has 3 aromatic carbocycles. The molecule has 9 nitrogen and oxygen atoms in total. The summed E-state index contributed by atoms with van der Waals surface area (Å²) in [6, 6.07) is 20.5. The van der Waals surface area contributed by atoms with Crippen molar-refractivity contribution < 1.29 is 38.4 Å². The Morgan fingerprint density at radius 1 is 0.952 bits per heavy atom. The van der Waals surface area contributed by atoms with Crippen molar-refractivity contribution in [1.82, 2.24) is 5.32 Å². The van der Waals surface area contributed by atoms with E-state index in [1.54, 1.807) is 6.07 Å². The molecule has 3 N–H and O–H groups in total. The normalized spacial score (nSPS) is 11.8. The molecule has 0 fully saturated rings. The number of nitrogens with one attached hydrogen (secondary N) is 1. The second-order valence-corrected chi connectivity index (χ2v) is 9.96. The third-order valence-electron chi connectivity index (χ3n) is 6.80. The van der Waals surface area contributed by atoms with E-state index in [2.05, 4.69) is 5.32 Å². The minimum Gasteiger partial charge on any atom is -0.493 e. The second-order valence-electron chi connectivity index (χ2n) is 9.96. The SMILES string of the molecule is COc1cc(CCC(=O)N[C@H](CO)Cc2ccccc2)cc2c(C(=O)OCCOCCO)c(-c3ccc(C)cc3)oc12. The van der Waals surface area contributed by atoms with Gasteiger partial charge in [0.25, 0.3) is 0 Å². The highest BCUT2D eigenvalue weighted by molar-refractivity contribution is 6.10. The third-order valence-corrected chi connectivity index (χ3v) is 6.80. The molecule has 222 valence electrons. The summed E-state index contributed by atoms with van der Waals surface area (Å²) in [5.41, 5.74) is 4.21. The van der Waals surface area contributed by atoms with Gasteiger partial charge in [0.05, 0.1) is 39.6 Å². The molecule has 4 rings (SSSR count). The molecular weight excluding hydrogens is 538 g/mol. The molecule has 0 saturated carbocycles. The van der Waals surface area contributed by atoms with E-state index in [9.17, 15) is 14.7 Å². The lowest BCUT2D eigenvalue weighted by Gasteiger charge is -2.16. The van der Waals surface area contributed by atoms with Crippen LogP contribution in [0.4, 0.5) is 0 Å². The van der Waals surface area contributed by atoms with E-state index in [1.165, 1.54) is 7.11 Å². The summed E-state index contributed by atoms with van der Waals surface area (Å²) in [5.74, 6) is 0.00439. The minimum absolute atomic E-state index is 0.00481. The molecular formula is C33H37NO8. The first-order valence-corrected chi connectivity index (χ1v) is 13.9. The molecule has 9 heteroatoms. The molecule has 1 atom stereocenters. The van der Waals surface area contributed by atoms with E-state index in [4.69, 9.17) is 23.7 Å². The highest BCUT2D eigenvalue weighted by atomic mass is 16.6. The maximum absolute atomic E-state index is 13.4. The van der Waals surface area contributed by atoms with Crippen molar-refractivity contribution in [2.45, 2.75) is 32.2 Å². The summed E-state index contributed by atoms with van der Waals surface area (Å²) >= 11 is 0. The summed E-state index contributed by atoms with van der Waals surface area (Å²) < 4.78 is 22.6. The summed E-state index contributed by atoms with van der Waals surface area (Å²) in [6.45, 7) is 1.98. The van der Waals surface area contributed by atoms with E-state index in [-0.39, 0.29) is 50.9 Å². The number of benzene rings is 3. The van der Waals surface area contributed by atoms with Gasteiger partial charge in [-0.05, 0) is 43.0 Å². The number of furan rings is 1. The standard InChI is InChI=1S/C33H37NO8/c1-22-8-11-25(12-9-22)31-30(33(38)41-17-16-40-15-14-35)27-19-24(20-28(39-2)32(27)42-31)10-13-29(37)34-26(21-36)18-23-6-4-3-5-7-23/h3-9,11-12,19-20,26,35-36H,10,13-18,21H2,1-2H3,(H,34,37)/t26-/m0/s1. The number of hydrogen-bond acceptors (Lipinski definition) is 8. The monoisotopic (exact) mass is 575 g/mol. The summed E-state index contributed by atoms with van der Waals surface area (Å²) in [5, 5.41) is 22.1. The van der Waals surface area contributed by atoms with Crippen LogP contribution in [0.5, 0.6) is 5.75 Å². The van der Waals surface area contributed by atoms with Crippen LogP contribution in [0.2, 0.25) is 0 Å². The molecule has 0 spiro atoms. The largest absolute Gasteiger partial charge is 0.493 e. The number of aryl methyl sites for hydroxylation is 2. The Kier molecular flexibility index (Phi) is 11.1. The number of methoxy groups -OCH3 is 1. The molecule has 42 heavy (non-hydrogen) atoms. The van der Waals surface area contributed by atoms with Crippen LogP contribution in [0.3, 0.4) is 0 Å². The number of esters is 1. The molecule has 0 saturated heterocycles. The molecule has 0 bridgehead atoms. The van der Waals surface area contributed by atoms with Gasteiger partial charge in [-0.3, -0.25) is 4.79 Å². The average molecular weight is 576 g/mol. The number of rotatable bonds is 15. The van der Waals surface area contributed by atoms with E-state index in [0.29, 0.717) is 40.9 Å². The van der Waals surface area contributed by atoms with Gasteiger partial charge in [0, 0.05) is 17.4 Å². The number of carbonyl (C=O) groups is 2. The Morgan fingerprint density at radius 3 is 2.40 bits per heavy atom. The Hall–Kier alpha value is -4.18. The summed E-state index contributed by atoms with van der Waals surface area (Å²) in [6.07, 6.45) is 1.07. The first-order valence-electron chi connectivity index (χ1n) is 13.9. The summed E-state index contributed by atoms with van der Waals surface area (Å²) in [4.78, 5) is 26.2. The Bertz CT molecular complexity index is 1460. The number of aliphatic hydroxyl groups is 2. The van der Waals surface area contributed by atoms with E-state index < -0.39 is 12.0 Å². The van der Waals surface area contributed by atoms with Crippen LogP contribution in [0.1, 0.15) is 33.5 Å². The van der Waals surface area contributed by atoms with Crippen molar-refractivity contribution in [3.05, 3.63) is 89.0 Å². The lowest BCUT2D eigenvalue weighted by Crippen LogP contribution is -2.39. The first kappa shape index (κ1) is 30.8. The predicted octanol–water partition coefficient (Wildman–Crippen LogP) is 4.23. The maximum Gasteiger partial charge on any atom is 0.342 e. The van der Waals surface area contributed by atoms with Crippen molar-refractivity contribution in [3.8, 4) is 17.1 Å². The number of fused-ring (bicyclic) bond motifs is 1. The van der Waals surface area contributed by atoms with Crippen molar-refractivity contribution >= 4 is 22.8 Å². The Morgan fingerprint density at radius 2 is 1.71 bits per heavy atom. The quantitative estimate of drug-likeness (QED) is 0.142. The van der Waals surface area contributed by atoms with Gasteiger partial charge in [0.2, 0.25) is 5.91 Å². The van der Waals surface area contributed by atoms with E-state index in [0.717, 1.165) is 16.7 Å². The van der Waals surface area contributed by atoms with Crippen LogP contribution in [0, 0.1) is 6.92 Å². The predicted molar refractivity (Wildman–Crippen MR) is 159 cm³/mol.